The molecule has 0 unspecified atom stereocenters. The maximum absolute atomic E-state index is 6.27. The van der Waals surface area contributed by atoms with E-state index in [-0.39, 0.29) is 41.5 Å². The van der Waals surface area contributed by atoms with Crippen LogP contribution in [-0.2, 0) is 41.5 Å². The van der Waals surface area contributed by atoms with Gasteiger partial charge in [0.2, 0.25) is 0 Å². The van der Waals surface area contributed by atoms with E-state index in [2.05, 4.69) is 49.2 Å². The van der Waals surface area contributed by atoms with Gasteiger partial charge >= 0.3 is 41.5 Å². The Balaban J connectivity index is 0.00000193. The van der Waals surface area contributed by atoms with Gasteiger partial charge in [-0.1, -0.05) is 43.9 Å². The molecule has 230 valence electrons. The molecule has 7 nitrogen and oxygen atoms in total. The van der Waals surface area contributed by atoms with Crippen LogP contribution in [0.2, 0.25) is 0 Å². The summed E-state index contributed by atoms with van der Waals surface area (Å²) in [7, 11) is -1.21. The van der Waals surface area contributed by atoms with Gasteiger partial charge in [-0.3, -0.25) is 0 Å². The molecule has 0 aliphatic carbocycles. The van der Waals surface area contributed by atoms with Crippen LogP contribution in [0.5, 0.6) is 23.0 Å². The van der Waals surface area contributed by atoms with Crippen LogP contribution in [0.25, 0.3) is 49.1 Å². The van der Waals surface area contributed by atoms with E-state index in [1.807, 2.05) is 97.1 Å². The standard InChI is InChI=1S/C37H20N5O2P.Pd.Pt/c1-3-17-39-33(11-1)25-7-5-9-27(19-25)43-29-13-15-31-32-16-14-30(22-36(32)45(35(31)21-29)37-41-23-38-24-42-37)44-28-10-6-8-26(20-28)34-12-2-4-18-40-34;;/h1-18,23-24H;;/q-4;2*+2. The fourth-order valence-electron chi connectivity index (χ4n) is 5.09. The maximum atomic E-state index is 6.27. The number of nitrogens with zero attached hydrogens (tertiary/aromatic N) is 5. The molecule has 47 heavy (non-hydrogen) atoms. The van der Waals surface area contributed by atoms with Crippen molar-refractivity contribution in [1.29, 1.82) is 0 Å². The third kappa shape index (κ3) is 6.79. The molecule has 4 heterocycles. The molecular weight excluding hydrogens is 879 g/mol. The van der Waals surface area contributed by atoms with Gasteiger partial charge in [-0.05, 0) is 23.5 Å². The first kappa shape index (κ1) is 32.4. The molecule has 0 saturated carbocycles. The minimum Gasteiger partial charge on any atom is -0.503 e. The minimum absolute atomic E-state index is 0. The molecule has 4 aromatic carbocycles. The van der Waals surface area contributed by atoms with Crippen LogP contribution in [0.15, 0.2) is 122 Å². The average molecular weight is 899 g/mol. The molecule has 0 radical (unpaired) electrons. The smallest absolute Gasteiger partial charge is 0.503 e. The number of rotatable bonds is 7. The average Bonchev–Trinajstić information content (AvgIpc) is 3.42. The normalized spacial score (nSPS) is 10.6. The van der Waals surface area contributed by atoms with Crippen molar-refractivity contribution in [2.75, 3.05) is 0 Å². The Bertz CT molecular complexity index is 2150. The molecule has 0 aliphatic rings. The van der Waals surface area contributed by atoms with E-state index in [9.17, 15) is 0 Å². The van der Waals surface area contributed by atoms with Gasteiger partial charge in [0, 0.05) is 35.4 Å². The number of ether oxygens (including phenoxy) is 2. The number of hydrogen-bond donors (Lipinski definition) is 0. The zero-order valence-corrected chi connectivity index (χ0v) is 28.9. The number of fused-ring (bicyclic) bond motifs is 3. The molecule has 0 N–H and O–H groups in total. The molecule has 0 amide bonds. The van der Waals surface area contributed by atoms with Crippen LogP contribution < -0.4 is 9.47 Å². The van der Waals surface area contributed by atoms with Gasteiger partial charge in [0.15, 0.2) is 5.57 Å². The minimum atomic E-state index is -1.21. The van der Waals surface area contributed by atoms with Crippen LogP contribution in [0, 0.1) is 24.3 Å². The summed E-state index contributed by atoms with van der Waals surface area (Å²) in [5.41, 5.74) is 3.99. The molecule has 0 fully saturated rings. The first-order valence-electron chi connectivity index (χ1n) is 14.1. The van der Waals surface area contributed by atoms with E-state index in [4.69, 9.17) is 9.47 Å². The summed E-state index contributed by atoms with van der Waals surface area (Å²) < 4.78 is 12.5. The fourth-order valence-corrected chi connectivity index (χ4v) is 7.36. The zero-order valence-electron chi connectivity index (χ0n) is 24.2. The summed E-state index contributed by atoms with van der Waals surface area (Å²) in [6.07, 6.45) is 6.55. The SMILES string of the molecule is [Pd+2].[Pt+2].[c-]1c(Oc2[c-]c3c(cc2)c2ccc(Oc4[c-]c(-c5ccccn5)ccc4)[c-]c2p3-c2ncncn2)cccc1-c1ccccn1. The number of hydrogen-bond acceptors (Lipinski definition) is 7. The second-order valence-electron chi connectivity index (χ2n) is 9.93. The van der Waals surface area contributed by atoms with Gasteiger partial charge in [-0.15, -0.1) is 82.0 Å². The summed E-state index contributed by atoms with van der Waals surface area (Å²) in [5.74, 6) is 2.27. The van der Waals surface area contributed by atoms with Crippen LogP contribution >= 0.6 is 7.53 Å². The first-order chi connectivity index (χ1) is 22.3. The summed E-state index contributed by atoms with van der Waals surface area (Å²) in [4.78, 5) is 22.0. The molecular formula is C37H20N5O2PPdPt. The Kier molecular flexibility index (Phi) is 9.97. The zero-order chi connectivity index (χ0) is 30.0. The summed E-state index contributed by atoms with van der Waals surface area (Å²) >= 11 is 0. The second kappa shape index (κ2) is 14.5. The van der Waals surface area contributed by atoms with Gasteiger partial charge in [0.05, 0.1) is 0 Å². The van der Waals surface area contributed by atoms with Crippen LogP contribution in [0.3, 0.4) is 0 Å². The Morgan fingerprint density at radius 2 is 0.979 bits per heavy atom. The number of benzene rings is 4. The molecule has 0 bridgehead atoms. The largest absolute Gasteiger partial charge is 2.00 e. The monoisotopic (exact) mass is 898 g/mol. The summed E-state index contributed by atoms with van der Waals surface area (Å²) in [6, 6.07) is 44.7. The van der Waals surface area contributed by atoms with Crippen molar-refractivity contribution < 1.29 is 51.0 Å². The van der Waals surface area contributed by atoms with E-state index in [0.29, 0.717) is 28.6 Å². The van der Waals surface area contributed by atoms with Gasteiger partial charge in [0.1, 0.15) is 12.7 Å². The van der Waals surface area contributed by atoms with Crippen molar-refractivity contribution in [2.45, 2.75) is 0 Å². The number of pyridine rings is 2. The topological polar surface area (TPSA) is 82.9 Å². The first-order valence-corrected chi connectivity index (χ1v) is 15.4. The van der Waals surface area contributed by atoms with Crippen LogP contribution in [-0.4, -0.2) is 24.9 Å². The van der Waals surface area contributed by atoms with Crippen molar-refractivity contribution in [2.24, 2.45) is 0 Å². The third-order valence-electron chi connectivity index (χ3n) is 7.07. The Labute approximate surface area is 300 Å². The Morgan fingerprint density at radius 3 is 1.45 bits per heavy atom. The predicted octanol–water partition coefficient (Wildman–Crippen LogP) is 9.06. The van der Waals surface area contributed by atoms with Crippen LogP contribution in [0.1, 0.15) is 0 Å². The third-order valence-corrected chi connectivity index (χ3v) is 9.30. The molecule has 8 aromatic rings. The Morgan fingerprint density at radius 1 is 0.489 bits per heavy atom. The fraction of sp³-hybridized carbons (Fsp3) is 0. The van der Waals surface area contributed by atoms with E-state index >= 15 is 0 Å². The molecule has 0 atom stereocenters. The summed E-state index contributed by atoms with van der Waals surface area (Å²) in [5, 5.41) is 3.95. The quantitative estimate of drug-likeness (QED) is 0.117. The molecule has 8 rings (SSSR count). The van der Waals surface area contributed by atoms with Crippen molar-refractivity contribution in [3.63, 3.8) is 0 Å². The molecule has 4 aromatic heterocycles. The van der Waals surface area contributed by atoms with E-state index in [1.54, 1.807) is 12.4 Å². The predicted molar refractivity (Wildman–Crippen MR) is 174 cm³/mol. The molecule has 0 aliphatic heterocycles. The van der Waals surface area contributed by atoms with Gasteiger partial charge < -0.3 is 19.4 Å². The van der Waals surface area contributed by atoms with Crippen molar-refractivity contribution in [3.8, 4) is 51.1 Å². The molecule has 0 saturated heterocycles. The van der Waals surface area contributed by atoms with Crippen molar-refractivity contribution >= 4 is 28.5 Å². The van der Waals surface area contributed by atoms with Crippen molar-refractivity contribution in [1.82, 2.24) is 24.9 Å². The van der Waals surface area contributed by atoms with E-state index in [1.165, 1.54) is 12.7 Å². The molecule has 10 heteroatoms. The Hall–Kier alpha value is -4.56. The van der Waals surface area contributed by atoms with Gasteiger partial charge in [-0.2, -0.15) is 22.9 Å². The van der Waals surface area contributed by atoms with Crippen molar-refractivity contribution in [3.05, 3.63) is 146 Å². The second-order valence-corrected chi connectivity index (χ2v) is 11.9. The van der Waals surface area contributed by atoms with Crippen LogP contribution in [0.4, 0.5) is 0 Å². The summed E-state index contributed by atoms with van der Waals surface area (Å²) in [6.45, 7) is 0. The number of aromatic nitrogens is 5. The van der Waals surface area contributed by atoms with E-state index in [0.717, 1.165) is 43.5 Å². The van der Waals surface area contributed by atoms with E-state index < -0.39 is 7.53 Å². The van der Waals surface area contributed by atoms with Gasteiger partial charge in [0.25, 0.3) is 0 Å². The maximum Gasteiger partial charge on any atom is 2.00 e. The molecule has 0 spiro atoms. The van der Waals surface area contributed by atoms with Gasteiger partial charge in [-0.25, -0.2) is 15.0 Å².